The summed E-state index contributed by atoms with van der Waals surface area (Å²) < 4.78 is 0. The number of likely N-dealkylation sites (tertiary alicyclic amines) is 1. The van der Waals surface area contributed by atoms with E-state index < -0.39 is 0 Å². The third-order valence-electron chi connectivity index (χ3n) is 4.17. The Labute approximate surface area is 102 Å². The molecule has 0 radical (unpaired) electrons. The summed E-state index contributed by atoms with van der Waals surface area (Å²) in [5.74, 6) is 0.961. The minimum Gasteiger partial charge on any atom is -0.368 e. The molecule has 0 bridgehead atoms. The summed E-state index contributed by atoms with van der Waals surface area (Å²) in [6, 6.07) is 2.85. The molecule has 4 heteroatoms. The van der Waals surface area contributed by atoms with Gasteiger partial charge in [0.15, 0.2) is 0 Å². The predicted molar refractivity (Wildman–Crippen MR) is 67.6 cm³/mol. The van der Waals surface area contributed by atoms with Gasteiger partial charge in [0.25, 0.3) is 0 Å². The lowest BCUT2D eigenvalue weighted by molar-refractivity contribution is 0.243. The van der Waals surface area contributed by atoms with Crippen LogP contribution in [0.5, 0.6) is 0 Å². The summed E-state index contributed by atoms with van der Waals surface area (Å²) in [4.78, 5) is 11.0. The van der Waals surface area contributed by atoms with E-state index in [-0.39, 0.29) is 0 Å². The van der Waals surface area contributed by atoms with E-state index in [2.05, 4.69) is 14.9 Å². The first-order valence-corrected chi connectivity index (χ1v) is 6.65. The highest BCUT2D eigenvalue weighted by molar-refractivity contribution is 5.20. The van der Waals surface area contributed by atoms with Gasteiger partial charge >= 0.3 is 0 Å². The maximum atomic E-state index is 5.65. The van der Waals surface area contributed by atoms with E-state index in [0.717, 1.165) is 18.3 Å². The standard InChI is InChI=1S/C13H20N4/c14-13-15-7-5-12(16-13)10-6-8-17(9-10)11-3-1-2-4-11/h5,7,10-11H,1-4,6,8-9H2,(H2,14,15,16)/t10-/m1/s1. The Kier molecular flexibility index (Phi) is 2.97. The van der Waals surface area contributed by atoms with Crippen molar-refractivity contribution in [2.75, 3.05) is 18.8 Å². The summed E-state index contributed by atoms with van der Waals surface area (Å²) in [6.07, 6.45) is 8.58. The number of aromatic nitrogens is 2. The Morgan fingerprint density at radius 3 is 2.82 bits per heavy atom. The van der Waals surface area contributed by atoms with Crippen molar-refractivity contribution in [2.24, 2.45) is 0 Å². The molecule has 1 saturated carbocycles. The zero-order valence-electron chi connectivity index (χ0n) is 10.2. The maximum absolute atomic E-state index is 5.65. The van der Waals surface area contributed by atoms with Gasteiger partial charge in [-0.25, -0.2) is 9.97 Å². The first-order valence-electron chi connectivity index (χ1n) is 6.65. The van der Waals surface area contributed by atoms with Crippen molar-refractivity contribution >= 4 is 5.95 Å². The lowest BCUT2D eigenvalue weighted by Gasteiger charge is -2.23. The molecule has 0 spiro atoms. The molecule has 1 aromatic heterocycles. The normalized spacial score (nSPS) is 26.7. The van der Waals surface area contributed by atoms with E-state index in [1.165, 1.54) is 38.6 Å². The minimum absolute atomic E-state index is 0.404. The van der Waals surface area contributed by atoms with E-state index >= 15 is 0 Å². The van der Waals surface area contributed by atoms with Crippen LogP contribution in [0.15, 0.2) is 12.3 Å². The van der Waals surface area contributed by atoms with Crippen LogP contribution in [0.3, 0.4) is 0 Å². The second kappa shape index (κ2) is 4.61. The lowest BCUT2D eigenvalue weighted by Crippen LogP contribution is -2.30. The molecule has 1 aromatic rings. The van der Waals surface area contributed by atoms with Crippen LogP contribution in [0.4, 0.5) is 5.95 Å². The molecular formula is C13H20N4. The van der Waals surface area contributed by atoms with Crippen molar-refractivity contribution in [3.8, 4) is 0 Å². The Morgan fingerprint density at radius 1 is 1.24 bits per heavy atom. The third-order valence-corrected chi connectivity index (χ3v) is 4.17. The lowest BCUT2D eigenvalue weighted by atomic mass is 10.1. The first-order chi connectivity index (χ1) is 8.33. The largest absolute Gasteiger partial charge is 0.368 e. The van der Waals surface area contributed by atoms with Gasteiger partial charge in [0.1, 0.15) is 0 Å². The summed E-state index contributed by atoms with van der Waals surface area (Å²) in [5, 5.41) is 0. The molecule has 3 rings (SSSR count). The zero-order chi connectivity index (χ0) is 11.7. The fourth-order valence-electron chi connectivity index (χ4n) is 3.25. The Balaban J connectivity index is 1.67. The van der Waals surface area contributed by atoms with E-state index in [9.17, 15) is 0 Å². The smallest absolute Gasteiger partial charge is 0.220 e. The van der Waals surface area contributed by atoms with Crippen molar-refractivity contribution < 1.29 is 0 Å². The molecule has 0 amide bonds. The zero-order valence-corrected chi connectivity index (χ0v) is 10.2. The van der Waals surface area contributed by atoms with Gasteiger partial charge in [-0.15, -0.1) is 0 Å². The maximum Gasteiger partial charge on any atom is 0.220 e. The second-order valence-electron chi connectivity index (χ2n) is 5.26. The molecule has 2 fully saturated rings. The molecule has 1 aliphatic heterocycles. The van der Waals surface area contributed by atoms with Crippen molar-refractivity contribution in [3.63, 3.8) is 0 Å². The molecule has 1 aliphatic carbocycles. The third kappa shape index (κ3) is 2.27. The van der Waals surface area contributed by atoms with Crippen LogP contribution in [0, 0.1) is 0 Å². The highest BCUT2D eigenvalue weighted by atomic mass is 15.2. The average Bonchev–Trinajstić information content (AvgIpc) is 3.00. The van der Waals surface area contributed by atoms with Crippen LogP contribution in [-0.4, -0.2) is 34.0 Å². The van der Waals surface area contributed by atoms with Gasteiger partial charge in [-0.3, -0.25) is 4.90 Å². The van der Waals surface area contributed by atoms with Gasteiger partial charge in [-0.1, -0.05) is 12.8 Å². The Bertz CT molecular complexity index is 387. The van der Waals surface area contributed by atoms with E-state index in [0.29, 0.717) is 11.9 Å². The van der Waals surface area contributed by atoms with Gasteiger partial charge in [0, 0.05) is 24.7 Å². The molecule has 1 saturated heterocycles. The van der Waals surface area contributed by atoms with Crippen LogP contribution >= 0.6 is 0 Å². The second-order valence-corrected chi connectivity index (χ2v) is 5.26. The number of hydrogen-bond donors (Lipinski definition) is 1. The molecule has 2 aliphatic rings. The van der Waals surface area contributed by atoms with Gasteiger partial charge in [0.05, 0.1) is 5.69 Å². The fraction of sp³-hybridized carbons (Fsp3) is 0.692. The average molecular weight is 232 g/mol. The number of nitrogen functional groups attached to an aromatic ring is 1. The van der Waals surface area contributed by atoms with Gasteiger partial charge in [-0.2, -0.15) is 0 Å². The van der Waals surface area contributed by atoms with Crippen LogP contribution in [0.2, 0.25) is 0 Å². The molecule has 4 nitrogen and oxygen atoms in total. The molecule has 0 aromatic carbocycles. The number of rotatable bonds is 2. The van der Waals surface area contributed by atoms with Crippen LogP contribution in [0.25, 0.3) is 0 Å². The molecule has 92 valence electrons. The van der Waals surface area contributed by atoms with Crippen molar-refractivity contribution in [1.82, 2.24) is 14.9 Å². The fourth-order valence-corrected chi connectivity index (χ4v) is 3.25. The molecule has 2 N–H and O–H groups in total. The summed E-state index contributed by atoms with van der Waals surface area (Å²) in [5.41, 5.74) is 6.77. The number of nitrogens with two attached hydrogens (primary N) is 1. The molecule has 0 unspecified atom stereocenters. The highest BCUT2D eigenvalue weighted by Gasteiger charge is 2.31. The number of nitrogens with zero attached hydrogens (tertiary/aromatic N) is 3. The van der Waals surface area contributed by atoms with E-state index in [1.807, 2.05) is 6.07 Å². The van der Waals surface area contributed by atoms with E-state index in [1.54, 1.807) is 6.20 Å². The molecular weight excluding hydrogens is 212 g/mol. The Morgan fingerprint density at radius 2 is 2.06 bits per heavy atom. The Hall–Kier alpha value is -1.16. The number of hydrogen-bond acceptors (Lipinski definition) is 4. The van der Waals surface area contributed by atoms with Crippen LogP contribution < -0.4 is 5.73 Å². The number of anilines is 1. The minimum atomic E-state index is 0.404. The molecule has 1 atom stereocenters. The quantitative estimate of drug-likeness (QED) is 0.844. The van der Waals surface area contributed by atoms with Gasteiger partial charge in [0.2, 0.25) is 5.95 Å². The molecule has 2 heterocycles. The summed E-state index contributed by atoms with van der Waals surface area (Å²) in [7, 11) is 0. The molecule has 17 heavy (non-hydrogen) atoms. The van der Waals surface area contributed by atoms with Gasteiger partial charge in [-0.05, 0) is 31.9 Å². The van der Waals surface area contributed by atoms with Crippen molar-refractivity contribution in [2.45, 2.75) is 44.1 Å². The monoisotopic (exact) mass is 232 g/mol. The summed E-state index contributed by atoms with van der Waals surface area (Å²) in [6.45, 7) is 2.38. The van der Waals surface area contributed by atoms with E-state index in [4.69, 9.17) is 5.73 Å². The van der Waals surface area contributed by atoms with Crippen LogP contribution in [0.1, 0.15) is 43.7 Å². The highest BCUT2D eigenvalue weighted by Crippen LogP contribution is 2.32. The predicted octanol–water partition coefficient (Wildman–Crippen LogP) is 1.79. The van der Waals surface area contributed by atoms with Crippen LogP contribution in [-0.2, 0) is 0 Å². The van der Waals surface area contributed by atoms with Crippen molar-refractivity contribution in [3.05, 3.63) is 18.0 Å². The first kappa shape index (κ1) is 11.0. The SMILES string of the molecule is Nc1nccc([C@@H]2CCN(C3CCCC3)C2)n1. The van der Waals surface area contributed by atoms with Crippen molar-refractivity contribution in [1.29, 1.82) is 0 Å². The van der Waals surface area contributed by atoms with Gasteiger partial charge < -0.3 is 5.73 Å². The summed E-state index contributed by atoms with van der Waals surface area (Å²) >= 11 is 0. The topological polar surface area (TPSA) is 55.0 Å².